The molecule has 4 aromatic carbocycles. The first-order chi connectivity index (χ1) is 15.3. The van der Waals surface area contributed by atoms with Gasteiger partial charge in [-0.05, 0) is 56.7 Å². The van der Waals surface area contributed by atoms with Crippen molar-refractivity contribution in [2.75, 3.05) is 0 Å². The molecule has 1 heterocycles. The fourth-order valence-corrected chi connectivity index (χ4v) is 4.87. The van der Waals surface area contributed by atoms with Crippen molar-refractivity contribution in [3.63, 3.8) is 0 Å². The molecule has 0 saturated carbocycles. The lowest BCUT2D eigenvalue weighted by molar-refractivity contribution is -0.662. The zero-order chi connectivity index (χ0) is 22.6. The Kier molecular flexibility index (Phi) is 4.50. The number of nitrogens with zero attached hydrogens (tertiary/aromatic N) is 3. The number of benzene rings is 4. The van der Waals surface area contributed by atoms with Crippen molar-refractivity contribution in [2.24, 2.45) is 7.05 Å². The van der Waals surface area contributed by atoms with Crippen LogP contribution in [0.3, 0.4) is 0 Å². The Morgan fingerprint density at radius 1 is 0.844 bits per heavy atom. The number of hydrogen-bond acceptors (Lipinski definition) is 1. The van der Waals surface area contributed by atoms with Gasteiger partial charge in [0.2, 0.25) is 0 Å². The Bertz CT molecular complexity index is 1580. The van der Waals surface area contributed by atoms with Gasteiger partial charge in [-0.2, -0.15) is 0 Å². The van der Waals surface area contributed by atoms with E-state index in [1.54, 1.807) is 0 Å². The van der Waals surface area contributed by atoms with E-state index in [1.807, 2.05) is 18.5 Å². The van der Waals surface area contributed by atoms with Crippen LogP contribution in [-0.2, 0) is 12.5 Å². The highest BCUT2D eigenvalue weighted by molar-refractivity contribution is 6.12. The minimum atomic E-state index is 0.0146. The van der Waals surface area contributed by atoms with E-state index in [0.29, 0.717) is 5.69 Å². The summed E-state index contributed by atoms with van der Waals surface area (Å²) in [5.41, 5.74) is 6.61. The van der Waals surface area contributed by atoms with E-state index in [-0.39, 0.29) is 5.41 Å². The molecular weight excluding hydrogens is 390 g/mol. The molecule has 3 heteroatoms. The molecule has 0 aliphatic carbocycles. The van der Waals surface area contributed by atoms with Crippen LogP contribution < -0.4 is 4.57 Å². The van der Waals surface area contributed by atoms with Crippen LogP contribution in [0.5, 0.6) is 0 Å². The first-order valence-electron chi connectivity index (χ1n) is 10.9. The first-order valence-corrected chi connectivity index (χ1v) is 10.9. The lowest BCUT2D eigenvalue weighted by atomic mass is 9.80. The van der Waals surface area contributed by atoms with Crippen molar-refractivity contribution in [3.8, 4) is 11.3 Å². The van der Waals surface area contributed by atoms with Gasteiger partial charge in [0.15, 0.2) is 11.2 Å². The van der Waals surface area contributed by atoms with Crippen LogP contribution in [0.4, 0.5) is 5.69 Å². The van der Waals surface area contributed by atoms with Crippen LogP contribution in [0.25, 0.3) is 48.6 Å². The van der Waals surface area contributed by atoms with Gasteiger partial charge in [0.25, 0.3) is 6.33 Å². The molecule has 1 aromatic heterocycles. The maximum absolute atomic E-state index is 7.53. The Morgan fingerprint density at radius 2 is 1.53 bits per heavy atom. The third-order valence-electron chi connectivity index (χ3n) is 6.48. The van der Waals surface area contributed by atoms with E-state index in [4.69, 9.17) is 11.6 Å². The molecule has 5 aromatic rings. The van der Waals surface area contributed by atoms with Gasteiger partial charge in [-0.1, -0.05) is 69.3 Å². The molecule has 3 nitrogen and oxygen atoms in total. The van der Waals surface area contributed by atoms with E-state index in [9.17, 15) is 0 Å². The predicted octanol–water partition coefficient (Wildman–Crippen LogP) is 7.19. The molecule has 0 fully saturated rings. The van der Waals surface area contributed by atoms with E-state index in [2.05, 4.69) is 92.7 Å². The van der Waals surface area contributed by atoms with Crippen LogP contribution in [0.1, 0.15) is 31.9 Å². The van der Waals surface area contributed by atoms with Gasteiger partial charge in [-0.3, -0.25) is 0 Å². The maximum Gasteiger partial charge on any atom is 0.287 e. The van der Waals surface area contributed by atoms with Gasteiger partial charge in [0.1, 0.15) is 5.69 Å². The quantitative estimate of drug-likeness (QED) is 0.161. The Balaban J connectivity index is 1.94. The predicted molar refractivity (Wildman–Crippen MR) is 133 cm³/mol. The Hall–Kier alpha value is -3.77. The second-order valence-electron chi connectivity index (χ2n) is 9.54. The molecule has 0 bridgehead atoms. The highest BCUT2D eigenvalue weighted by atomic mass is 15.0. The van der Waals surface area contributed by atoms with Crippen LogP contribution >= 0.6 is 0 Å². The molecule has 5 rings (SSSR count). The number of fused-ring (bicyclic) bond motifs is 4. The monoisotopic (exact) mass is 416 g/mol. The average molecular weight is 417 g/mol. The average Bonchev–Trinajstić information content (AvgIpc) is 2.78. The normalized spacial score (nSPS) is 11.9. The third-order valence-corrected chi connectivity index (χ3v) is 6.48. The molecule has 0 radical (unpaired) electrons. The van der Waals surface area contributed by atoms with Crippen LogP contribution in [0, 0.1) is 13.5 Å². The molecule has 156 valence electrons. The van der Waals surface area contributed by atoms with Crippen LogP contribution in [0.15, 0.2) is 67.0 Å². The van der Waals surface area contributed by atoms with Gasteiger partial charge in [-0.15, -0.1) is 0 Å². The minimum absolute atomic E-state index is 0.0146. The van der Waals surface area contributed by atoms with Crippen LogP contribution in [0.2, 0.25) is 0 Å². The Morgan fingerprint density at radius 3 is 2.25 bits per heavy atom. The maximum atomic E-state index is 7.53. The molecule has 0 aliphatic rings. The summed E-state index contributed by atoms with van der Waals surface area (Å²) in [4.78, 5) is 8.50. The zero-order valence-corrected chi connectivity index (χ0v) is 19.2. The molecule has 32 heavy (non-hydrogen) atoms. The fraction of sp³-hybridized carbons (Fsp3) is 0.207. The third kappa shape index (κ3) is 2.95. The molecule has 0 unspecified atom stereocenters. The molecule has 0 atom stereocenters. The van der Waals surface area contributed by atoms with Gasteiger partial charge in [-0.25, -0.2) is 9.41 Å². The molecule has 0 aliphatic heterocycles. The summed E-state index contributed by atoms with van der Waals surface area (Å²) >= 11 is 0. The van der Waals surface area contributed by atoms with Crippen molar-refractivity contribution >= 4 is 38.1 Å². The van der Waals surface area contributed by atoms with Crippen molar-refractivity contribution in [3.05, 3.63) is 89.5 Å². The summed E-state index contributed by atoms with van der Waals surface area (Å²) in [6.07, 6.45) is 1.90. The lowest BCUT2D eigenvalue weighted by Crippen LogP contribution is -2.32. The molecular formula is C29H26N3+. The topological polar surface area (TPSA) is 21.1 Å². The van der Waals surface area contributed by atoms with E-state index in [1.165, 1.54) is 27.5 Å². The zero-order valence-electron chi connectivity index (χ0n) is 19.2. The van der Waals surface area contributed by atoms with Crippen molar-refractivity contribution in [1.29, 1.82) is 0 Å². The molecule has 0 spiro atoms. The molecule has 0 N–H and O–H groups in total. The summed E-state index contributed by atoms with van der Waals surface area (Å²) < 4.78 is 2.12. The lowest BCUT2D eigenvalue weighted by Gasteiger charge is -2.24. The smallest absolute Gasteiger partial charge is 0.238 e. The van der Waals surface area contributed by atoms with E-state index >= 15 is 0 Å². The van der Waals surface area contributed by atoms with Crippen LogP contribution in [-0.4, -0.2) is 4.98 Å². The number of aromatic nitrogens is 2. The van der Waals surface area contributed by atoms with E-state index < -0.39 is 0 Å². The number of hydrogen-bond donors (Lipinski definition) is 0. The summed E-state index contributed by atoms with van der Waals surface area (Å²) in [5.74, 6) is 0. The Labute approximate surface area is 188 Å². The summed E-state index contributed by atoms with van der Waals surface area (Å²) in [6, 6.07) is 21.1. The minimum Gasteiger partial charge on any atom is -0.238 e. The fourth-order valence-electron chi connectivity index (χ4n) is 4.87. The number of rotatable bonds is 1. The number of aryl methyl sites for hydroxylation is 2. The van der Waals surface area contributed by atoms with Gasteiger partial charge in [0, 0.05) is 10.9 Å². The van der Waals surface area contributed by atoms with Crippen molar-refractivity contribution < 1.29 is 4.57 Å². The molecule has 0 amide bonds. The van der Waals surface area contributed by atoms with Gasteiger partial charge in [0.05, 0.1) is 19.0 Å². The second kappa shape index (κ2) is 7.14. The van der Waals surface area contributed by atoms with Gasteiger partial charge >= 0.3 is 0 Å². The summed E-state index contributed by atoms with van der Waals surface area (Å²) in [6.45, 7) is 16.6. The van der Waals surface area contributed by atoms with E-state index in [0.717, 1.165) is 27.4 Å². The largest absolute Gasteiger partial charge is 0.287 e. The van der Waals surface area contributed by atoms with Crippen molar-refractivity contribution in [1.82, 2.24) is 4.98 Å². The second-order valence-corrected chi connectivity index (χ2v) is 9.54. The summed E-state index contributed by atoms with van der Waals surface area (Å²) in [7, 11) is 2.06. The highest BCUT2D eigenvalue weighted by Crippen LogP contribution is 2.40. The van der Waals surface area contributed by atoms with Gasteiger partial charge < -0.3 is 0 Å². The molecule has 0 saturated heterocycles. The highest BCUT2D eigenvalue weighted by Gasteiger charge is 2.24. The first kappa shape index (κ1) is 20.2. The van der Waals surface area contributed by atoms with Crippen molar-refractivity contribution in [2.45, 2.75) is 33.1 Å². The standard InChI is InChI=1S/C29H26N3/c1-18-19-10-7-8-11-20(19)25(29(2,3)4)16-24(18)28-23-15-14-21-22(12-9-13-26(21)30-5)27(23)31-17-32(28)6/h7-17H,1-4,6H3/q+1. The summed E-state index contributed by atoms with van der Waals surface area (Å²) in [5, 5.41) is 5.67. The SMILES string of the molecule is [C-]#[N+]c1cccc2c1ccc1c(-c3cc(C(C)(C)C)c4ccccc4c3C)[n+](C)cnc12.